The predicted molar refractivity (Wildman–Crippen MR) is 61.7 cm³/mol. The Labute approximate surface area is 101 Å². The van der Waals surface area contributed by atoms with E-state index in [9.17, 15) is 14.7 Å². The third-order valence-electron chi connectivity index (χ3n) is 3.17. The third kappa shape index (κ3) is 3.09. The molecule has 1 fully saturated rings. The van der Waals surface area contributed by atoms with Crippen molar-refractivity contribution in [1.29, 1.82) is 0 Å². The van der Waals surface area contributed by atoms with E-state index in [1.165, 1.54) is 6.92 Å². The largest absolute Gasteiger partial charge is 0.480 e. The van der Waals surface area contributed by atoms with Gasteiger partial charge in [-0.05, 0) is 33.6 Å². The SMILES string of the molecule is C[C@@H](O)[C@H](NC(=O)N1CCCC1(C)C)C(=O)O. The lowest BCUT2D eigenvalue weighted by Crippen LogP contribution is -2.55. The molecular weight excluding hydrogens is 224 g/mol. The van der Waals surface area contributed by atoms with E-state index in [-0.39, 0.29) is 5.54 Å². The molecule has 6 nitrogen and oxygen atoms in total. The van der Waals surface area contributed by atoms with Crippen LogP contribution in [-0.4, -0.2) is 51.3 Å². The molecule has 0 radical (unpaired) electrons. The summed E-state index contributed by atoms with van der Waals surface area (Å²) in [5, 5.41) is 20.5. The Bertz CT molecular complexity index is 315. The Kier molecular flexibility index (Phi) is 3.98. The van der Waals surface area contributed by atoms with Crippen molar-refractivity contribution < 1.29 is 19.8 Å². The van der Waals surface area contributed by atoms with Crippen LogP contribution < -0.4 is 5.32 Å². The number of aliphatic hydroxyl groups is 1. The summed E-state index contributed by atoms with van der Waals surface area (Å²) in [6, 6.07) is -1.69. The van der Waals surface area contributed by atoms with Gasteiger partial charge in [0.15, 0.2) is 6.04 Å². The Hall–Kier alpha value is -1.30. The van der Waals surface area contributed by atoms with Crippen LogP contribution in [0.2, 0.25) is 0 Å². The molecule has 98 valence electrons. The number of amides is 2. The second kappa shape index (κ2) is 4.91. The van der Waals surface area contributed by atoms with Gasteiger partial charge < -0.3 is 20.4 Å². The molecule has 1 aliphatic heterocycles. The fourth-order valence-electron chi connectivity index (χ4n) is 2.08. The van der Waals surface area contributed by atoms with Gasteiger partial charge in [-0.15, -0.1) is 0 Å². The van der Waals surface area contributed by atoms with Crippen LogP contribution in [0.4, 0.5) is 4.79 Å². The second-order valence-corrected chi connectivity index (χ2v) is 5.07. The van der Waals surface area contributed by atoms with Crippen LogP contribution in [0.15, 0.2) is 0 Å². The number of hydrogen-bond donors (Lipinski definition) is 3. The fraction of sp³-hybridized carbons (Fsp3) is 0.818. The lowest BCUT2D eigenvalue weighted by molar-refractivity contribution is -0.141. The van der Waals surface area contributed by atoms with Crippen molar-refractivity contribution in [3.8, 4) is 0 Å². The Balaban J connectivity index is 2.68. The van der Waals surface area contributed by atoms with Gasteiger partial charge in [-0.3, -0.25) is 0 Å². The zero-order valence-electron chi connectivity index (χ0n) is 10.4. The molecule has 17 heavy (non-hydrogen) atoms. The molecule has 2 amide bonds. The van der Waals surface area contributed by atoms with Crippen molar-refractivity contribution in [2.45, 2.75) is 51.3 Å². The van der Waals surface area contributed by atoms with Crippen molar-refractivity contribution >= 4 is 12.0 Å². The van der Waals surface area contributed by atoms with E-state index in [4.69, 9.17) is 5.11 Å². The van der Waals surface area contributed by atoms with Gasteiger partial charge >= 0.3 is 12.0 Å². The first-order chi connectivity index (χ1) is 7.75. The molecule has 6 heteroatoms. The predicted octanol–water partition coefficient (Wildman–Crippen LogP) is 0.404. The molecule has 0 aromatic carbocycles. The summed E-state index contributed by atoms with van der Waals surface area (Å²) in [7, 11) is 0. The van der Waals surface area contributed by atoms with Crippen molar-refractivity contribution in [1.82, 2.24) is 10.2 Å². The molecule has 1 heterocycles. The molecule has 0 bridgehead atoms. The molecule has 2 atom stereocenters. The minimum atomic E-state index is -1.26. The lowest BCUT2D eigenvalue weighted by Gasteiger charge is -2.33. The van der Waals surface area contributed by atoms with Crippen molar-refractivity contribution in [2.24, 2.45) is 0 Å². The van der Waals surface area contributed by atoms with E-state index < -0.39 is 24.1 Å². The summed E-state index contributed by atoms with van der Waals surface area (Å²) in [6.07, 6.45) is 0.682. The van der Waals surface area contributed by atoms with E-state index in [1.807, 2.05) is 13.8 Å². The number of aliphatic hydroxyl groups excluding tert-OH is 1. The lowest BCUT2D eigenvalue weighted by atomic mass is 10.0. The normalized spacial score (nSPS) is 22.0. The number of likely N-dealkylation sites (tertiary alicyclic amines) is 1. The Morgan fingerprint density at radius 1 is 1.41 bits per heavy atom. The third-order valence-corrected chi connectivity index (χ3v) is 3.17. The van der Waals surface area contributed by atoms with E-state index in [0.717, 1.165) is 12.8 Å². The summed E-state index contributed by atoms with van der Waals surface area (Å²) >= 11 is 0. The minimum Gasteiger partial charge on any atom is -0.480 e. The number of carbonyl (C=O) groups excluding carboxylic acids is 1. The first-order valence-corrected chi connectivity index (χ1v) is 5.75. The minimum absolute atomic E-state index is 0.258. The standard InChI is InChI=1S/C11H20N2O4/c1-7(14)8(9(15)16)12-10(17)13-6-4-5-11(13,2)3/h7-8,14H,4-6H2,1-3H3,(H,12,17)(H,15,16)/t7-,8+/m1/s1. The number of urea groups is 1. The van der Waals surface area contributed by atoms with Crippen LogP contribution in [0, 0.1) is 0 Å². The highest BCUT2D eigenvalue weighted by Crippen LogP contribution is 2.27. The van der Waals surface area contributed by atoms with Crippen molar-refractivity contribution in [2.75, 3.05) is 6.54 Å². The molecule has 1 saturated heterocycles. The summed E-state index contributed by atoms with van der Waals surface area (Å²) in [6.45, 7) is 5.84. The topological polar surface area (TPSA) is 89.9 Å². The zero-order chi connectivity index (χ0) is 13.2. The van der Waals surface area contributed by atoms with Crippen LogP contribution in [0.5, 0.6) is 0 Å². The average Bonchev–Trinajstić information content (AvgIpc) is 2.53. The summed E-state index contributed by atoms with van der Waals surface area (Å²) in [4.78, 5) is 24.4. The summed E-state index contributed by atoms with van der Waals surface area (Å²) < 4.78 is 0. The number of aliphatic carboxylic acids is 1. The summed E-state index contributed by atoms with van der Waals surface area (Å²) in [5.74, 6) is -1.23. The molecule has 1 rings (SSSR count). The molecule has 0 aromatic heterocycles. The van der Waals surface area contributed by atoms with E-state index >= 15 is 0 Å². The van der Waals surface area contributed by atoms with Crippen LogP contribution >= 0.6 is 0 Å². The smallest absolute Gasteiger partial charge is 0.328 e. The van der Waals surface area contributed by atoms with Gasteiger partial charge in [0.05, 0.1) is 6.10 Å². The highest BCUT2D eigenvalue weighted by Gasteiger charge is 2.37. The van der Waals surface area contributed by atoms with Crippen LogP contribution in [0.25, 0.3) is 0 Å². The van der Waals surface area contributed by atoms with Gasteiger partial charge in [-0.2, -0.15) is 0 Å². The number of rotatable bonds is 3. The maximum atomic E-state index is 11.9. The van der Waals surface area contributed by atoms with Crippen LogP contribution in [0.3, 0.4) is 0 Å². The van der Waals surface area contributed by atoms with E-state index in [0.29, 0.717) is 6.54 Å². The average molecular weight is 244 g/mol. The molecule has 0 aromatic rings. The first-order valence-electron chi connectivity index (χ1n) is 5.75. The first kappa shape index (κ1) is 13.8. The number of carbonyl (C=O) groups is 2. The quantitative estimate of drug-likeness (QED) is 0.670. The van der Waals surface area contributed by atoms with Gasteiger partial charge in [0.2, 0.25) is 0 Å². The van der Waals surface area contributed by atoms with Crippen molar-refractivity contribution in [3.63, 3.8) is 0 Å². The monoisotopic (exact) mass is 244 g/mol. The number of nitrogens with zero attached hydrogens (tertiary/aromatic N) is 1. The summed E-state index contributed by atoms with van der Waals surface area (Å²) in [5.41, 5.74) is -0.258. The fourth-order valence-corrected chi connectivity index (χ4v) is 2.08. The highest BCUT2D eigenvalue weighted by molar-refractivity contribution is 5.83. The molecule has 0 spiro atoms. The zero-order valence-corrected chi connectivity index (χ0v) is 10.4. The highest BCUT2D eigenvalue weighted by atomic mass is 16.4. The molecule has 3 N–H and O–H groups in total. The molecular formula is C11H20N2O4. The molecule has 0 unspecified atom stereocenters. The molecule has 0 aliphatic carbocycles. The number of carboxylic acids is 1. The van der Waals surface area contributed by atoms with Gasteiger partial charge in [-0.25, -0.2) is 9.59 Å². The second-order valence-electron chi connectivity index (χ2n) is 5.07. The maximum absolute atomic E-state index is 11.9. The Morgan fingerprint density at radius 2 is 2.00 bits per heavy atom. The van der Waals surface area contributed by atoms with Crippen LogP contribution in [0.1, 0.15) is 33.6 Å². The van der Waals surface area contributed by atoms with E-state index in [1.54, 1.807) is 4.90 Å². The number of carboxylic acid groups (broad SMARTS) is 1. The van der Waals surface area contributed by atoms with Gasteiger partial charge in [0, 0.05) is 12.1 Å². The van der Waals surface area contributed by atoms with Crippen molar-refractivity contribution in [3.05, 3.63) is 0 Å². The maximum Gasteiger partial charge on any atom is 0.328 e. The van der Waals surface area contributed by atoms with Crippen LogP contribution in [-0.2, 0) is 4.79 Å². The number of hydrogen-bond acceptors (Lipinski definition) is 3. The molecule has 0 saturated carbocycles. The van der Waals surface area contributed by atoms with Gasteiger partial charge in [0.1, 0.15) is 0 Å². The van der Waals surface area contributed by atoms with E-state index in [2.05, 4.69) is 5.32 Å². The molecule has 1 aliphatic rings. The van der Waals surface area contributed by atoms with Gasteiger partial charge in [-0.1, -0.05) is 0 Å². The Morgan fingerprint density at radius 3 is 2.35 bits per heavy atom. The number of nitrogens with one attached hydrogen (secondary N) is 1. The van der Waals surface area contributed by atoms with Gasteiger partial charge in [0.25, 0.3) is 0 Å².